The molecule has 0 bridgehead atoms. The Balaban J connectivity index is 2.29. The van der Waals surface area contributed by atoms with Crippen molar-refractivity contribution in [1.29, 1.82) is 5.26 Å². The van der Waals surface area contributed by atoms with Gasteiger partial charge in [-0.1, -0.05) is 43.8 Å². The number of nitrogens with zero attached hydrogens (tertiary/aromatic N) is 4. The van der Waals surface area contributed by atoms with Crippen LogP contribution < -0.4 is 10.1 Å². The minimum atomic E-state index is -0.927. The van der Waals surface area contributed by atoms with Gasteiger partial charge in [0, 0.05) is 6.54 Å². The maximum Gasteiger partial charge on any atom is 0.234 e. The first kappa shape index (κ1) is 22.5. The van der Waals surface area contributed by atoms with E-state index in [1.807, 2.05) is 42.7 Å². The minimum Gasteiger partial charge on any atom is -0.496 e. The lowest BCUT2D eigenvalue weighted by Gasteiger charge is -2.28. The number of benzene rings is 1. The van der Waals surface area contributed by atoms with Crippen LogP contribution in [0, 0.1) is 17.2 Å². The highest BCUT2D eigenvalue weighted by Gasteiger charge is 2.32. The summed E-state index contributed by atoms with van der Waals surface area (Å²) in [5, 5.41) is 21.0. The van der Waals surface area contributed by atoms with Crippen LogP contribution in [0.3, 0.4) is 0 Å². The predicted molar refractivity (Wildman–Crippen MR) is 115 cm³/mol. The van der Waals surface area contributed by atoms with E-state index in [9.17, 15) is 10.1 Å². The molecule has 29 heavy (non-hydrogen) atoms. The highest BCUT2D eigenvalue weighted by molar-refractivity contribution is 8.00. The molecular weight excluding hydrogens is 386 g/mol. The summed E-state index contributed by atoms with van der Waals surface area (Å²) in [6.45, 7) is 11.6. The number of ether oxygens (including phenoxy) is 1. The molecule has 1 heterocycles. The van der Waals surface area contributed by atoms with Gasteiger partial charge >= 0.3 is 0 Å². The molecule has 1 N–H and O–H groups in total. The fourth-order valence-corrected chi connectivity index (χ4v) is 3.43. The molecule has 0 saturated heterocycles. The van der Waals surface area contributed by atoms with Gasteiger partial charge in [0.05, 0.1) is 24.0 Å². The standard InChI is InChI=1S/C21H27N5O2S/c1-7-12-26-18(16-10-8-9-11-17(16)28-6)24-25-20(26)29-15(4)19(27)23-21(5,13-22)14(2)3/h7-11,14-15H,1,12H2,2-6H3,(H,23,27). The normalized spacial score (nSPS) is 14.0. The molecule has 2 unspecified atom stereocenters. The molecule has 1 aromatic heterocycles. The maximum atomic E-state index is 12.7. The SMILES string of the molecule is C=CCn1c(SC(C)C(=O)NC(C)(C#N)C(C)C)nnc1-c1ccccc1OC. The molecule has 0 spiro atoms. The number of nitrogens with one attached hydrogen (secondary N) is 1. The monoisotopic (exact) mass is 413 g/mol. The highest BCUT2D eigenvalue weighted by atomic mass is 32.2. The van der Waals surface area contributed by atoms with Crippen LogP contribution in [-0.4, -0.2) is 38.6 Å². The van der Waals surface area contributed by atoms with Gasteiger partial charge in [0.2, 0.25) is 5.91 Å². The van der Waals surface area contributed by atoms with Crippen molar-refractivity contribution in [3.8, 4) is 23.2 Å². The number of thioether (sulfide) groups is 1. The maximum absolute atomic E-state index is 12.7. The van der Waals surface area contributed by atoms with Gasteiger partial charge < -0.3 is 10.1 Å². The average Bonchev–Trinajstić information content (AvgIpc) is 3.09. The summed E-state index contributed by atoms with van der Waals surface area (Å²) in [6, 6.07) is 9.76. The fraction of sp³-hybridized carbons (Fsp3) is 0.429. The van der Waals surface area contributed by atoms with Crippen LogP contribution >= 0.6 is 11.8 Å². The van der Waals surface area contributed by atoms with Crippen LogP contribution in [0.4, 0.5) is 0 Å². The first-order chi connectivity index (χ1) is 13.8. The average molecular weight is 414 g/mol. The number of carbonyl (C=O) groups is 1. The minimum absolute atomic E-state index is 0.0183. The number of nitriles is 1. The molecule has 0 aliphatic carbocycles. The van der Waals surface area contributed by atoms with Crippen molar-refractivity contribution >= 4 is 17.7 Å². The van der Waals surface area contributed by atoms with Gasteiger partial charge in [-0.05, 0) is 31.9 Å². The zero-order valence-corrected chi connectivity index (χ0v) is 18.3. The number of hydrogen-bond donors (Lipinski definition) is 1. The van der Waals surface area contributed by atoms with Crippen LogP contribution in [0.2, 0.25) is 0 Å². The third-order valence-corrected chi connectivity index (χ3v) is 5.88. The Morgan fingerprint density at radius 3 is 2.69 bits per heavy atom. The Bertz CT molecular complexity index is 918. The Kier molecular flexibility index (Phi) is 7.46. The van der Waals surface area contributed by atoms with Crippen LogP contribution in [-0.2, 0) is 11.3 Å². The van der Waals surface area contributed by atoms with Crippen molar-refractivity contribution in [3.63, 3.8) is 0 Å². The lowest BCUT2D eigenvalue weighted by atomic mass is 9.90. The van der Waals surface area contributed by atoms with Gasteiger partial charge in [-0.25, -0.2) is 0 Å². The van der Waals surface area contributed by atoms with E-state index in [4.69, 9.17) is 4.74 Å². The van der Waals surface area contributed by atoms with Crippen molar-refractivity contribution < 1.29 is 9.53 Å². The summed E-state index contributed by atoms with van der Waals surface area (Å²) in [7, 11) is 1.61. The summed E-state index contributed by atoms with van der Waals surface area (Å²) in [5.41, 5.74) is -0.117. The van der Waals surface area contributed by atoms with E-state index in [0.29, 0.717) is 23.3 Å². The second-order valence-electron chi connectivity index (χ2n) is 7.12. The zero-order chi connectivity index (χ0) is 21.6. The van der Waals surface area contributed by atoms with E-state index < -0.39 is 10.8 Å². The van der Waals surface area contributed by atoms with E-state index in [-0.39, 0.29) is 11.8 Å². The molecule has 7 nitrogen and oxygen atoms in total. The van der Waals surface area contributed by atoms with E-state index >= 15 is 0 Å². The van der Waals surface area contributed by atoms with Crippen LogP contribution in [0.25, 0.3) is 11.4 Å². The summed E-state index contributed by atoms with van der Waals surface area (Å²) in [6.07, 6.45) is 1.75. The number of methoxy groups -OCH3 is 1. The second-order valence-corrected chi connectivity index (χ2v) is 8.43. The predicted octanol–water partition coefficient (Wildman–Crippen LogP) is 3.67. The lowest BCUT2D eigenvalue weighted by molar-refractivity contribution is -0.121. The van der Waals surface area contributed by atoms with Crippen LogP contribution in [0.5, 0.6) is 5.75 Å². The number of allylic oxidation sites excluding steroid dienone is 1. The molecule has 154 valence electrons. The van der Waals surface area contributed by atoms with Gasteiger partial charge in [-0.3, -0.25) is 9.36 Å². The zero-order valence-electron chi connectivity index (χ0n) is 17.5. The van der Waals surface area contributed by atoms with Gasteiger partial charge in [0.1, 0.15) is 11.3 Å². The molecule has 1 amide bonds. The van der Waals surface area contributed by atoms with E-state index in [0.717, 1.165) is 5.56 Å². The quantitative estimate of drug-likeness (QED) is 0.498. The Hall–Kier alpha value is -2.79. The molecule has 2 aromatic rings. The van der Waals surface area contributed by atoms with E-state index in [2.05, 4.69) is 28.2 Å². The molecule has 0 saturated carbocycles. The van der Waals surface area contributed by atoms with E-state index in [1.54, 1.807) is 27.0 Å². The molecule has 0 aliphatic rings. The summed E-state index contributed by atoms with van der Waals surface area (Å²) in [5.74, 6) is 1.09. The summed E-state index contributed by atoms with van der Waals surface area (Å²) >= 11 is 1.29. The Morgan fingerprint density at radius 1 is 1.41 bits per heavy atom. The van der Waals surface area contributed by atoms with Crippen LogP contribution in [0.15, 0.2) is 42.1 Å². The number of carbonyl (C=O) groups excluding carboxylic acids is 1. The summed E-state index contributed by atoms with van der Waals surface area (Å²) < 4.78 is 7.34. The number of aromatic nitrogens is 3. The number of rotatable bonds is 9. The Morgan fingerprint density at radius 2 is 2.10 bits per heavy atom. The lowest BCUT2D eigenvalue weighted by Crippen LogP contribution is -2.51. The van der Waals surface area contributed by atoms with Crippen molar-refractivity contribution in [2.24, 2.45) is 5.92 Å². The fourth-order valence-electron chi connectivity index (χ4n) is 2.57. The third kappa shape index (κ3) is 4.98. The topological polar surface area (TPSA) is 92.8 Å². The molecule has 0 radical (unpaired) electrons. The molecule has 8 heteroatoms. The van der Waals surface area contributed by atoms with Crippen molar-refractivity contribution in [1.82, 2.24) is 20.1 Å². The molecular formula is C21H27N5O2S. The molecule has 0 fully saturated rings. The van der Waals surface area contributed by atoms with Crippen molar-refractivity contribution in [2.45, 2.75) is 50.2 Å². The first-order valence-corrected chi connectivity index (χ1v) is 10.2. The van der Waals surface area contributed by atoms with Gasteiger partial charge in [0.25, 0.3) is 0 Å². The number of hydrogen-bond acceptors (Lipinski definition) is 6. The van der Waals surface area contributed by atoms with Crippen molar-refractivity contribution in [3.05, 3.63) is 36.9 Å². The largest absolute Gasteiger partial charge is 0.496 e. The third-order valence-electron chi connectivity index (χ3n) is 4.80. The molecule has 0 aliphatic heterocycles. The number of amides is 1. The van der Waals surface area contributed by atoms with Gasteiger partial charge in [-0.15, -0.1) is 16.8 Å². The number of para-hydroxylation sites is 1. The Labute approximate surface area is 176 Å². The highest BCUT2D eigenvalue weighted by Crippen LogP contribution is 2.32. The van der Waals surface area contributed by atoms with Crippen molar-refractivity contribution in [2.75, 3.05) is 7.11 Å². The van der Waals surface area contributed by atoms with Gasteiger partial charge in [-0.2, -0.15) is 5.26 Å². The van der Waals surface area contributed by atoms with Crippen LogP contribution in [0.1, 0.15) is 27.7 Å². The molecule has 2 rings (SSSR count). The summed E-state index contributed by atoms with van der Waals surface area (Å²) in [4.78, 5) is 12.7. The van der Waals surface area contributed by atoms with E-state index in [1.165, 1.54) is 11.8 Å². The smallest absolute Gasteiger partial charge is 0.234 e. The van der Waals surface area contributed by atoms with Gasteiger partial charge in [0.15, 0.2) is 11.0 Å². The molecule has 1 aromatic carbocycles. The molecule has 2 atom stereocenters. The second kappa shape index (κ2) is 9.61. The first-order valence-electron chi connectivity index (χ1n) is 9.34.